The number of rotatable bonds is 3. The Labute approximate surface area is 159 Å². The second-order valence-electron chi connectivity index (χ2n) is 5.36. The van der Waals surface area contributed by atoms with E-state index in [4.69, 9.17) is 4.42 Å². The molecular weight excluding hydrogens is 303 g/mol. The molecule has 0 aliphatic heterocycles. The third-order valence-corrected chi connectivity index (χ3v) is 3.80. The molecule has 118 valence electrons. The van der Waals surface area contributed by atoms with Crippen LogP contribution in [0.3, 0.4) is 0 Å². The van der Waals surface area contributed by atoms with Gasteiger partial charge in [0.15, 0.2) is 0 Å². The Morgan fingerprint density at radius 2 is 1.00 bits per heavy atom. The molecule has 0 aliphatic rings. The normalized spacial score (nSPS) is 9.76. The fourth-order valence-electron chi connectivity index (χ4n) is 2.67. The number of benzene rings is 3. The van der Waals surface area contributed by atoms with Gasteiger partial charge in [0, 0.05) is 5.76 Å². The van der Waals surface area contributed by atoms with Crippen LogP contribution in [-0.2, 0) is 0 Å². The predicted octanol–water partition coefficient (Wildman–Crippen LogP) is 2.26. The molecule has 3 aromatic carbocycles. The van der Waals surface area contributed by atoms with Crippen LogP contribution in [0, 0.1) is 6.07 Å². The number of hydrogen-bond donors (Lipinski definition) is 0. The Balaban J connectivity index is 0.00000113. The summed E-state index contributed by atoms with van der Waals surface area (Å²) in [6.45, 7) is 0. The maximum Gasteiger partial charge on any atom is 1.00 e. The summed E-state index contributed by atoms with van der Waals surface area (Å²) < 4.78 is 6.19. The van der Waals surface area contributed by atoms with Crippen LogP contribution < -0.4 is 18.9 Å². The smallest absolute Gasteiger partial charge is 0.519 e. The summed E-state index contributed by atoms with van der Waals surface area (Å²) in [5, 5.41) is 0. The van der Waals surface area contributed by atoms with Crippen molar-refractivity contribution < 1.29 is 28.8 Å². The van der Waals surface area contributed by atoms with E-state index in [0.717, 1.165) is 33.8 Å². The van der Waals surface area contributed by atoms with Crippen LogP contribution >= 0.6 is 0 Å². The minimum Gasteiger partial charge on any atom is -0.519 e. The molecule has 0 atom stereocenters. The van der Waals surface area contributed by atoms with Gasteiger partial charge in [-0.1, -0.05) is 114 Å². The molecule has 25 heavy (non-hydrogen) atoms. The van der Waals surface area contributed by atoms with E-state index in [0.29, 0.717) is 0 Å². The van der Waals surface area contributed by atoms with E-state index < -0.39 is 0 Å². The SMILES string of the molecule is O.[Li+].[c-]1c(-c2ccccc2)oc(-c2ccccc2)c1-c1ccccc1. The third-order valence-electron chi connectivity index (χ3n) is 3.80. The number of furan rings is 1. The Bertz CT molecular complexity index is 844. The van der Waals surface area contributed by atoms with E-state index >= 15 is 0 Å². The summed E-state index contributed by atoms with van der Waals surface area (Å²) in [6.07, 6.45) is 0. The zero-order chi connectivity index (χ0) is 15.5. The predicted molar refractivity (Wildman–Crippen MR) is 97.5 cm³/mol. The van der Waals surface area contributed by atoms with E-state index in [1.54, 1.807) is 0 Å². The minimum atomic E-state index is 0. The molecule has 3 heteroatoms. The number of hydrogen-bond acceptors (Lipinski definition) is 1. The van der Waals surface area contributed by atoms with Gasteiger partial charge in [-0.15, -0.1) is 0 Å². The van der Waals surface area contributed by atoms with E-state index in [2.05, 4.69) is 30.3 Å². The molecule has 2 nitrogen and oxygen atoms in total. The molecular formula is C22H17LiO2. The summed E-state index contributed by atoms with van der Waals surface area (Å²) in [5.74, 6) is 1.62. The molecule has 0 saturated heterocycles. The second kappa shape index (κ2) is 8.55. The zero-order valence-electron chi connectivity index (χ0n) is 14.1. The van der Waals surface area contributed by atoms with E-state index in [-0.39, 0.29) is 24.3 Å². The van der Waals surface area contributed by atoms with Gasteiger partial charge < -0.3 is 9.89 Å². The van der Waals surface area contributed by atoms with Gasteiger partial charge in [-0.05, 0) is 5.56 Å². The molecule has 0 saturated carbocycles. The largest absolute Gasteiger partial charge is 1.00 e. The molecule has 1 aromatic heterocycles. The minimum absolute atomic E-state index is 0. The van der Waals surface area contributed by atoms with Gasteiger partial charge in [0.2, 0.25) is 0 Å². The Morgan fingerprint density at radius 3 is 1.52 bits per heavy atom. The average Bonchev–Trinajstić information content (AvgIpc) is 3.09. The van der Waals surface area contributed by atoms with Crippen molar-refractivity contribution in [3.63, 3.8) is 0 Å². The topological polar surface area (TPSA) is 44.6 Å². The van der Waals surface area contributed by atoms with Crippen molar-refractivity contribution in [1.82, 2.24) is 0 Å². The molecule has 1 heterocycles. The van der Waals surface area contributed by atoms with E-state index in [1.807, 2.05) is 66.7 Å². The van der Waals surface area contributed by atoms with Crippen molar-refractivity contribution in [2.75, 3.05) is 0 Å². The van der Waals surface area contributed by atoms with Crippen molar-refractivity contribution in [2.45, 2.75) is 0 Å². The van der Waals surface area contributed by atoms with Gasteiger partial charge in [0.25, 0.3) is 0 Å². The first-order valence-corrected chi connectivity index (χ1v) is 7.64. The monoisotopic (exact) mass is 320 g/mol. The van der Waals surface area contributed by atoms with Crippen molar-refractivity contribution >= 4 is 0 Å². The van der Waals surface area contributed by atoms with Crippen molar-refractivity contribution in [3.8, 4) is 33.8 Å². The van der Waals surface area contributed by atoms with Gasteiger partial charge in [-0.25, -0.2) is 0 Å². The van der Waals surface area contributed by atoms with Crippen LogP contribution in [-0.4, -0.2) is 5.48 Å². The van der Waals surface area contributed by atoms with Crippen LogP contribution in [0.1, 0.15) is 0 Å². The summed E-state index contributed by atoms with van der Waals surface area (Å²) in [5.41, 5.74) is 4.20. The van der Waals surface area contributed by atoms with Gasteiger partial charge in [0.1, 0.15) is 0 Å². The van der Waals surface area contributed by atoms with E-state index in [9.17, 15) is 0 Å². The maximum absolute atomic E-state index is 6.19. The van der Waals surface area contributed by atoms with Crippen LogP contribution in [0.5, 0.6) is 0 Å². The van der Waals surface area contributed by atoms with Crippen LogP contribution in [0.25, 0.3) is 33.8 Å². The summed E-state index contributed by atoms with van der Waals surface area (Å²) in [4.78, 5) is 0. The fourth-order valence-corrected chi connectivity index (χ4v) is 2.67. The van der Waals surface area contributed by atoms with E-state index in [1.165, 1.54) is 0 Å². The van der Waals surface area contributed by atoms with Crippen molar-refractivity contribution in [3.05, 3.63) is 97.1 Å². The molecule has 0 bridgehead atoms. The quantitative estimate of drug-likeness (QED) is 0.422. The van der Waals surface area contributed by atoms with Crippen LogP contribution in [0.2, 0.25) is 0 Å². The third kappa shape index (κ3) is 3.95. The summed E-state index contributed by atoms with van der Waals surface area (Å²) >= 11 is 0. The maximum atomic E-state index is 6.19. The van der Waals surface area contributed by atoms with Crippen LogP contribution in [0.4, 0.5) is 0 Å². The van der Waals surface area contributed by atoms with Gasteiger partial charge in [-0.2, -0.15) is 0 Å². The zero-order valence-corrected chi connectivity index (χ0v) is 14.1. The molecule has 4 rings (SSSR count). The standard InChI is InChI=1S/C22H15O.Li.H2O/c1-4-10-17(11-5-1)20-16-21(18-12-6-2-7-13-18)23-22(20)19-14-8-3-9-15-19;;/h1-15H;;1H2/q-1;+1;. The Morgan fingerprint density at radius 1 is 0.560 bits per heavy atom. The molecule has 0 amide bonds. The summed E-state index contributed by atoms with van der Waals surface area (Å²) in [6, 6.07) is 34.0. The summed E-state index contributed by atoms with van der Waals surface area (Å²) in [7, 11) is 0. The molecule has 2 N–H and O–H groups in total. The molecule has 0 spiro atoms. The molecule has 0 radical (unpaired) electrons. The van der Waals surface area contributed by atoms with Crippen molar-refractivity contribution in [2.24, 2.45) is 0 Å². The fraction of sp³-hybridized carbons (Fsp3) is 0. The first-order chi connectivity index (χ1) is 11.4. The molecule has 0 unspecified atom stereocenters. The molecule has 0 fully saturated rings. The second-order valence-corrected chi connectivity index (χ2v) is 5.36. The van der Waals surface area contributed by atoms with Gasteiger partial charge in [-0.3, -0.25) is 0 Å². The van der Waals surface area contributed by atoms with Gasteiger partial charge in [0.05, 0.1) is 5.76 Å². The Hall–Kier alpha value is -2.50. The molecule has 0 aliphatic carbocycles. The van der Waals surface area contributed by atoms with Crippen molar-refractivity contribution in [1.29, 1.82) is 0 Å². The Kier molecular flexibility index (Phi) is 6.44. The molecule has 4 aromatic rings. The first kappa shape index (κ1) is 18.8. The van der Waals surface area contributed by atoms with Crippen LogP contribution in [0.15, 0.2) is 95.4 Å². The first-order valence-electron chi connectivity index (χ1n) is 7.64. The van der Waals surface area contributed by atoms with Gasteiger partial charge >= 0.3 is 18.9 Å². The average molecular weight is 320 g/mol.